The number of hydrogen-bond donors (Lipinski definition) is 3. The zero-order chi connectivity index (χ0) is 14.8. The van der Waals surface area contributed by atoms with Crippen LogP contribution < -0.4 is 16.8 Å². The maximum absolute atomic E-state index is 12.1. The summed E-state index contributed by atoms with van der Waals surface area (Å²) >= 11 is 0. The molecule has 0 aliphatic carbocycles. The second-order valence-corrected chi connectivity index (χ2v) is 5.12. The van der Waals surface area contributed by atoms with Crippen molar-refractivity contribution in [2.45, 2.75) is 19.4 Å². The number of anilines is 2. The summed E-state index contributed by atoms with van der Waals surface area (Å²) in [7, 11) is 3.31. The van der Waals surface area contributed by atoms with Crippen LogP contribution in [0.3, 0.4) is 0 Å². The smallest absolute Gasteiger partial charge is 0.255 e. The summed E-state index contributed by atoms with van der Waals surface area (Å²) in [6, 6.07) is 4.87. The molecule has 0 saturated carbocycles. The molecule has 2 amide bonds. The first-order chi connectivity index (χ1) is 8.65. The Balaban J connectivity index is 3.22. The van der Waals surface area contributed by atoms with Crippen molar-refractivity contribution in [3.05, 3.63) is 23.8 Å². The van der Waals surface area contributed by atoms with Crippen molar-refractivity contribution in [1.82, 2.24) is 4.90 Å². The second-order valence-electron chi connectivity index (χ2n) is 5.12. The molecule has 0 spiro atoms. The largest absolute Gasteiger partial charge is 0.399 e. The minimum absolute atomic E-state index is 0.178. The molecule has 5 N–H and O–H groups in total. The van der Waals surface area contributed by atoms with Gasteiger partial charge >= 0.3 is 0 Å². The number of primary amides is 1. The third-order valence-electron chi connectivity index (χ3n) is 2.74. The van der Waals surface area contributed by atoms with Gasteiger partial charge < -0.3 is 21.7 Å². The lowest BCUT2D eigenvalue weighted by molar-refractivity contribution is -0.121. The summed E-state index contributed by atoms with van der Waals surface area (Å²) in [5.74, 6) is -0.694. The Morgan fingerprint density at radius 2 is 1.84 bits per heavy atom. The summed E-state index contributed by atoms with van der Waals surface area (Å²) < 4.78 is 0. The standard InChI is InChI=1S/C13H20N4O2/c1-13(2,12(15)19)16-10-7-8(14)5-6-9(10)11(18)17(3)4/h5-7,16H,14H2,1-4H3,(H2,15,19). The van der Waals surface area contributed by atoms with Crippen LogP contribution in [0.25, 0.3) is 0 Å². The molecule has 19 heavy (non-hydrogen) atoms. The molecule has 0 radical (unpaired) electrons. The van der Waals surface area contributed by atoms with E-state index in [-0.39, 0.29) is 5.91 Å². The molecule has 6 nitrogen and oxygen atoms in total. The number of amides is 2. The normalized spacial score (nSPS) is 10.9. The summed E-state index contributed by atoms with van der Waals surface area (Å²) in [6.45, 7) is 3.28. The number of hydrogen-bond acceptors (Lipinski definition) is 4. The van der Waals surface area contributed by atoms with Crippen molar-refractivity contribution in [3.8, 4) is 0 Å². The fourth-order valence-corrected chi connectivity index (χ4v) is 1.49. The number of nitrogens with one attached hydrogen (secondary N) is 1. The molecule has 0 saturated heterocycles. The quantitative estimate of drug-likeness (QED) is 0.695. The molecule has 0 unspecified atom stereocenters. The zero-order valence-corrected chi connectivity index (χ0v) is 11.7. The fraction of sp³-hybridized carbons (Fsp3) is 0.385. The van der Waals surface area contributed by atoms with Crippen LogP contribution in [0.15, 0.2) is 18.2 Å². The Kier molecular flexibility index (Phi) is 4.04. The van der Waals surface area contributed by atoms with Crippen LogP contribution in [0.2, 0.25) is 0 Å². The number of carbonyl (C=O) groups is 2. The average molecular weight is 264 g/mol. The van der Waals surface area contributed by atoms with Crippen molar-refractivity contribution < 1.29 is 9.59 Å². The molecule has 1 rings (SSSR count). The summed E-state index contributed by atoms with van der Waals surface area (Å²) in [5.41, 5.74) is 11.5. The molecule has 0 aromatic heterocycles. The number of benzene rings is 1. The Bertz CT molecular complexity index is 509. The van der Waals surface area contributed by atoms with E-state index in [1.54, 1.807) is 46.1 Å². The fourth-order valence-electron chi connectivity index (χ4n) is 1.49. The second kappa shape index (κ2) is 5.17. The van der Waals surface area contributed by atoms with Gasteiger partial charge in [0, 0.05) is 25.5 Å². The maximum Gasteiger partial charge on any atom is 0.255 e. The van der Waals surface area contributed by atoms with E-state index in [4.69, 9.17) is 11.5 Å². The molecule has 1 aromatic carbocycles. The van der Waals surface area contributed by atoms with Gasteiger partial charge in [-0.05, 0) is 32.0 Å². The van der Waals surface area contributed by atoms with Crippen LogP contribution in [0.4, 0.5) is 11.4 Å². The van der Waals surface area contributed by atoms with Gasteiger partial charge in [0.15, 0.2) is 0 Å². The first-order valence-corrected chi connectivity index (χ1v) is 5.84. The van der Waals surface area contributed by atoms with Gasteiger partial charge in [-0.2, -0.15) is 0 Å². The number of carbonyl (C=O) groups excluding carboxylic acids is 2. The number of rotatable bonds is 4. The zero-order valence-electron chi connectivity index (χ0n) is 11.7. The van der Waals surface area contributed by atoms with Gasteiger partial charge in [0.05, 0.1) is 5.56 Å². The highest BCUT2D eigenvalue weighted by Crippen LogP contribution is 2.24. The molecule has 0 aliphatic heterocycles. The highest BCUT2D eigenvalue weighted by Gasteiger charge is 2.26. The molecule has 0 heterocycles. The SMILES string of the molecule is CN(C)C(=O)c1ccc(N)cc1NC(C)(C)C(N)=O. The first-order valence-electron chi connectivity index (χ1n) is 5.84. The Morgan fingerprint density at radius 1 is 1.26 bits per heavy atom. The first kappa shape index (κ1) is 14.8. The van der Waals surface area contributed by atoms with Crippen LogP contribution in [0, 0.1) is 0 Å². The summed E-state index contributed by atoms with van der Waals surface area (Å²) in [5, 5.41) is 2.96. The number of nitrogens with zero attached hydrogens (tertiary/aromatic N) is 1. The Morgan fingerprint density at radius 3 is 2.32 bits per heavy atom. The molecule has 0 fully saturated rings. The predicted octanol–water partition coefficient (Wildman–Crippen LogP) is 0.646. The highest BCUT2D eigenvalue weighted by molar-refractivity contribution is 6.01. The lowest BCUT2D eigenvalue weighted by Crippen LogP contribution is -2.45. The highest BCUT2D eigenvalue weighted by atomic mass is 16.2. The third kappa shape index (κ3) is 3.37. The van der Waals surface area contributed by atoms with Crippen LogP contribution in [-0.2, 0) is 4.79 Å². The van der Waals surface area contributed by atoms with Crippen LogP contribution in [0.1, 0.15) is 24.2 Å². The molecule has 1 aromatic rings. The van der Waals surface area contributed by atoms with E-state index in [0.717, 1.165) is 0 Å². The predicted molar refractivity (Wildman–Crippen MR) is 75.8 cm³/mol. The van der Waals surface area contributed by atoms with Gasteiger partial charge in [-0.25, -0.2) is 0 Å². The molecule has 6 heteroatoms. The van der Waals surface area contributed by atoms with E-state index in [9.17, 15) is 9.59 Å². The molecule has 104 valence electrons. The summed E-state index contributed by atoms with van der Waals surface area (Å²) in [4.78, 5) is 24.9. The monoisotopic (exact) mass is 264 g/mol. The molecular formula is C13H20N4O2. The molecular weight excluding hydrogens is 244 g/mol. The summed E-state index contributed by atoms with van der Waals surface area (Å²) in [6.07, 6.45) is 0. The van der Waals surface area contributed by atoms with Crippen LogP contribution in [0.5, 0.6) is 0 Å². The number of nitrogen functional groups attached to an aromatic ring is 1. The minimum atomic E-state index is -0.977. The Labute approximate surface area is 112 Å². The number of nitrogens with two attached hydrogens (primary N) is 2. The lowest BCUT2D eigenvalue weighted by atomic mass is 10.0. The molecule has 0 aliphatic rings. The van der Waals surface area contributed by atoms with Crippen molar-refractivity contribution in [2.24, 2.45) is 5.73 Å². The maximum atomic E-state index is 12.1. The van der Waals surface area contributed by atoms with E-state index >= 15 is 0 Å². The van der Waals surface area contributed by atoms with Crippen molar-refractivity contribution in [1.29, 1.82) is 0 Å². The van der Waals surface area contributed by atoms with Gasteiger partial charge in [-0.3, -0.25) is 9.59 Å². The molecule has 0 bridgehead atoms. The van der Waals surface area contributed by atoms with Gasteiger partial charge in [0.2, 0.25) is 5.91 Å². The van der Waals surface area contributed by atoms with Gasteiger partial charge in [-0.1, -0.05) is 0 Å². The topological polar surface area (TPSA) is 101 Å². The lowest BCUT2D eigenvalue weighted by Gasteiger charge is -2.26. The van der Waals surface area contributed by atoms with E-state index < -0.39 is 11.4 Å². The van der Waals surface area contributed by atoms with Gasteiger partial charge in [-0.15, -0.1) is 0 Å². The van der Waals surface area contributed by atoms with Gasteiger partial charge in [0.1, 0.15) is 5.54 Å². The van der Waals surface area contributed by atoms with Crippen LogP contribution >= 0.6 is 0 Å². The van der Waals surface area contributed by atoms with E-state index in [0.29, 0.717) is 16.9 Å². The van der Waals surface area contributed by atoms with Crippen molar-refractivity contribution in [3.63, 3.8) is 0 Å². The van der Waals surface area contributed by atoms with Gasteiger partial charge in [0.25, 0.3) is 5.91 Å². The van der Waals surface area contributed by atoms with E-state index in [1.807, 2.05) is 0 Å². The third-order valence-corrected chi connectivity index (χ3v) is 2.74. The Hall–Kier alpha value is -2.24. The van der Waals surface area contributed by atoms with Crippen LogP contribution in [-0.4, -0.2) is 36.3 Å². The van der Waals surface area contributed by atoms with Crippen molar-refractivity contribution in [2.75, 3.05) is 25.1 Å². The molecule has 0 atom stereocenters. The van der Waals surface area contributed by atoms with Crippen molar-refractivity contribution >= 4 is 23.2 Å². The minimum Gasteiger partial charge on any atom is -0.399 e. The van der Waals surface area contributed by atoms with E-state index in [1.165, 1.54) is 4.90 Å². The van der Waals surface area contributed by atoms with E-state index in [2.05, 4.69) is 5.32 Å². The average Bonchev–Trinajstić information content (AvgIpc) is 2.27.